The standard InChI is InChI=1S/C24H25FN6O3/c25-19-7-6-16(22(33)29-10-12-30(13-11-29)23-26-8-3-9-27-23)14-17(19)15-31-20-5-2-1-4-18(20)21(32)28-24(31)34/h3,6-9,14H,1-2,4-5,10-13,15H2,(H,28,32,34). The minimum absolute atomic E-state index is 0.0377. The lowest BCUT2D eigenvalue weighted by atomic mass is 9.96. The smallest absolute Gasteiger partial charge is 0.328 e. The molecular formula is C24H25FN6O3. The van der Waals surface area contributed by atoms with Crippen LogP contribution in [0.15, 0.2) is 46.2 Å². The van der Waals surface area contributed by atoms with Gasteiger partial charge in [-0.15, -0.1) is 0 Å². The SMILES string of the molecule is O=C(c1ccc(F)c(Cn2c3c(c(=O)[nH]c2=O)CCCC3)c1)N1CCN(c2ncccn2)CC1. The lowest BCUT2D eigenvalue weighted by Crippen LogP contribution is -2.49. The van der Waals surface area contributed by atoms with Crippen LogP contribution in [0.2, 0.25) is 0 Å². The molecular weight excluding hydrogens is 439 g/mol. The van der Waals surface area contributed by atoms with Gasteiger partial charge in [0.25, 0.3) is 11.5 Å². The number of H-pyrrole nitrogens is 1. The fourth-order valence-corrected chi connectivity index (χ4v) is 4.71. The molecule has 1 aromatic carbocycles. The van der Waals surface area contributed by atoms with Crippen LogP contribution in [0.4, 0.5) is 10.3 Å². The summed E-state index contributed by atoms with van der Waals surface area (Å²) in [5.74, 6) is -0.0516. The maximum absolute atomic E-state index is 14.7. The molecule has 1 saturated heterocycles. The van der Waals surface area contributed by atoms with E-state index in [1.165, 1.54) is 22.8 Å². The number of rotatable bonds is 4. The summed E-state index contributed by atoms with van der Waals surface area (Å²) in [6.45, 7) is 2.16. The second-order valence-electron chi connectivity index (χ2n) is 8.61. The Labute approximate surface area is 194 Å². The molecule has 2 aromatic heterocycles. The Kier molecular flexibility index (Phi) is 5.95. The fourth-order valence-electron chi connectivity index (χ4n) is 4.71. The van der Waals surface area contributed by atoms with Gasteiger partial charge in [0.1, 0.15) is 5.82 Å². The highest BCUT2D eigenvalue weighted by atomic mass is 19.1. The van der Waals surface area contributed by atoms with Crippen molar-refractivity contribution in [3.05, 3.63) is 85.7 Å². The van der Waals surface area contributed by atoms with Gasteiger partial charge >= 0.3 is 5.69 Å². The number of amides is 1. The zero-order valence-electron chi connectivity index (χ0n) is 18.7. The van der Waals surface area contributed by atoms with Gasteiger partial charge < -0.3 is 9.80 Å². The molecule has 0 unspecified atom stereocenters. The number of hydrogen-bond acceptors (Lipinski definition) is 6. The third kappa shape index (κ3) is 4.23. The van der Waals surface area contributed by atoms with Gasteiger partial charge in [-0.3, -0.25) is 19.1 Å². The molecule has 0 spiro atoms. The molecule has 0 bridgehead atoms. The Morgan fingerprint density at radius 3 is 2.53 bits per heavy atom. The van der Waals surface area contributed by atoms with E-state index in [1.807, 2.05) is 4.90 Å². The molecule has 1 aliphatic heterocycles. The first-order valence-corrected chi connectivity index (χ1v) is 11.5. The molecule has 9 nitrogen and oxygen atoms in total. The van der Waals surface area contributed by atoms with Crippen molar-refractivity contribution in [2.24, 2.45) is 0 Å². The molecule has 0 radical (unpaired) electrons. The molecule has 1 fully saturated rings. The number of halogens is 1. The van der Waals surface area contributed by atoms with Crippen LogP contribution < -0.4 is 16.1 Å². The zero-order chi connectivity index (χ0) is 23.7. The lowest BCUT2D eigenvalue weighted by molar-refractivity contribution is 0.0746. The highest BCUT2D eigenvalue weighted by molar-refractivity contribution is 5.94. The lowest BCUT2D eigenvalue weighted by Gasteiger charge is -2.34. The Hall–Kier alpha value is -3.82. The summed E-state index contributed by atoms with van der Waals surface area (Å²) < 4.78 is 16.1. The van der Waals surface area contributed by atoms with Crippen LogP contribution in [0.5, 0.6) is 0 Å². The molecule has 0 saturated carbocycles. The number of fused-ring (bicyclic) bond motifs is 1. The third-order valence-corrected chi connectivity index (χ3v) is 6.53. The van der Waals surface area contributed by atoms with Crippen LogP contribution in [0, 0.1) is 5.82 Å². The maximum atomic E-state index is 14.7. The van der Waals surface area contributed by atoms with Gasteiger partial charge in [0.15, 0.2) is 0 Å². The van der Waals surface area contributed by atoms with Gasteiger partial charge in [-0.25, -0.2) is 19.2 Å². The van der Waals surface area contributed by atoms with E-state index < -0.39 is 11.5 Å². The zero-order valence-corrected chi connectivity index (χ0v) is 18.7. The maximum Gasteiger partial charge on any atom is 0.328 e. The Morgan fingerprint density at radius 1 is 1.03 bits per heavy atom. The van der Waals surface area contributed by atoms with Crippen LogP contribution in [0.25, 0.3) is 0 Å². The van der Waals surface area contributed by atoms with Crippen LogP contribution in [0.3, 0.4) is 0 Å². The number of aromatic nitrogens is 4. The number of nitrogens with one attached hydrogen (secondary N) is 1. The van der Waals surface area contributed by atoms with Crippen molar-refractivity contribution >= 4 is 11.9 Å². The van der Waals surface area contributed by atoms with Gasteiger partial charge in [-0.05, 0) is 49.9 Å². The first-order chi connectivity index (χ1) is 16.5. The first-order valence-electron chi connectivity index (χ1n) is 11.5. The monoisotopic (exact) mass is 464 g/mol. The highest BCUT2D eigenvalue weighted by Gasteiger charge is 2.25. The van der Waals surface area contributed by atoms with E-state index in [4.69, 9.17) is 0 Å². The Morgan fingerprint density at radius 2 is 1.76 bits per heavy atom. The van der Waals surface area contributed by atoms with E-state index in [0.29, 0.717) is 61.8 Å². The van der Waals surface area contributed by atoms with E-state index in [2.05, 4.69) is 15.0 Å². The van der Waals surface area contributed by atoms with Gasteiger partial charge in [0, 0.05) is 61.0 Å². The van der Waals surface area contributed by atoms with Crippen molar-refractivity contribution < 1.29 is 9.18 Å². The van der Waals surface area contributed by atoms with Gasteiger partial charge in [-0.2, -0.15) is 0 Å². The van der Waals surface area contributed by atoms with E-state index in [1.54, 1.807) is 23.4 Å². The Balaban J connectivity index is 1.35. The predicted octanol–water partition coefficient (Wildman–Crippen LogP) is 1.36. The van der Waals surface area contributed by atoms with Crippen LogP contribution in [0.1, 0.15) is 40.0 Å². The minimum atomic E-state index is -0.555. The van der Waals surface area contributed by atoms with Gasteiger partial charge in [0.2, 0.25) is 5.95 Å². The normalized spacial score (nSPS) is 15.8. The largest absolute Gasteiger partial charge is 0.337 e. The molecule has 176 valence electrons. The summed E-state index contributed by atoms with van der Waals surface area (Å²) in [4.78, 5) is 52.5. The number of hydrogen-bond donors (Lipinski definition) is 1. The summed E-state index contributed by atoms with van der Waals surface area (Å²) in [6, 6.07) is 6.00. The number of aromatic amines is 1. The topological polar surface area (TPSA) is 104 Å². The van der Waals surface area contributed by atoms with Crippen molar-refractivity contribution in [3.8, 4) is 0 Å². The van der Waals surface area contributed by atoms with Crippen molar-refractivity contribution in [1.29, 1.82) is 0 Å². The molecule has 0 atom stereocenters. The van der Waals surface area contributed by atoms with Crippen molar-refractivity contribution in [2.45, 2.75) is 32.2 Å². The minimum Gasteiger partial charge on any atom is -0.337 e. The number of carbonyl (C=O) groups excluding carboxylic acids is 1. The quantitative estimate of drug-likeness (QED) is 0.625. The molecule has 5 rings (SSSR count). The molecule has 10 heteroatoms. The van der Waals surface area contributed by atoms with Crippen molar-refractivity contribution in [1.82, 2.24) is 24.4 Å². The molecule has 34 heavy (non-hydrogen) atoms. The number of carbonyl (C=O) groups is 1. The van der Waals surface area contributed by atoms with Gasteiger partial charge in [0.05, 0.1) is 6.54 Å². The first kappa shape index (κ1) is 22.0. The summed E-state index contributed by atoms with van der Waals surface area (Å²) >= 11 is 0. The summed E-state index contributed by atoms with van der Waals surface area (Å²) in [6.07, 6.45) is 6.33. The average molecular weight is 465 g/mol. The molecule has 1 N–H and O–H groups in total. The molecule has 3 heterocycles. The van der Waals surface area contributed by atoms with Crippen LogP contribution in [-0.4, -0.2) is 56.5 Å². The third-order valence-electron chi connectivity index (χ3n) is 6.53. The molecule has 3 aromatic rings. The fraction of sp³-hybridized carbons (Fsp3) is 0.375. The predicted molar refractivity (Wildman–Crippen MR) is 124 cm³/mol. The summed E-state index contributed by atoms with van der Waals surface area (Å²) in [7, 11) is 0. The summed E-state index contributed by atoms with van der Waals surface area (Å²) in [5, 5.41) is 0. The van der Waals surface area contributed by atoms with E-state index in [-0.39, 0.29) is 23.6 Å². The molecule has 2 aliphatic rings. The summed E-state index contributed by atoms with van der Waals surface area (Å²) in [5.41, 5.74) is 0.951. The second-order valence-corrected chi connectivity index (χ2v) is 8.61. The Bertz CT molecular complexity index is 1330. The molecule has 1 aliphatic carbocycles. The van der Waals surface area contributed by atoms with E-state index in [0.717, 1.165) is 12.8 Å². The van der Waals surface area contributed by atoms with Crippen molar-refractivity contribution in [3.63, 3.8) is 0 Å². The number of anilines is 1. The van der Waals surface area contributed by atoms with Crippen molar-refractivity contribution in [2.75, 3.05) is 31.1 Å². The highest BCUT2D eigenvalue weighted by Crippen LogP contribution is 2.20. The van der Waals surface area contributed by atoms with E-state index >= 15 is 0 Å². The molecule has 1 amide bonds. The number of benzene rings is 1. The number of nitrogens with zero attached hydrogens (tertiary/aromatic N) is 5. The van der Waals surface area contributed by atoms with Crippen LogP contribution in [-0.2, 0) is 19.4 Å². The average Bonchev–Trinajstić information content (AvgIpc) is 2.88. The van der Waals surface area contributed by atoms with E-state index in [9.17, 15) is 18.8 Å². The second kappa shape index (κ2) is 9.20. The number of piperazine rings is 1. The van der Waals surface area contributed by atoms with Crippen LogP contribution >= 0.6 is 0 Å². The van der Waals surface area contributed by atoms with Gasteiger partial charge in [-0.1, -0.05) is 0 Å².